The molecule has 0 fully saturated rings. The molecule has 0 saturated carbocycles. The molecule has 7 aromatic rings. The van der Waals surface area contributed by atoms with Crippen LogP contribution in [0.15, 0.2) is 106 Å². The van der Waals surface area contributed by atoms with Crippen LogP contribution in [-0.2, 0) is 0 Å². The van der Waals surface area contributed by atoms with E-state index in [2.05, 4.69) is 174 Å². The molecule has 77 heavy (non-hydrogen) atoms. The summed E-state index contributed by atoms with van der Waals surface area (Å²) in [6.45, 7) is 57.1. The molecule has 0 aliphatic rings. The van der Waals surface area contributed by atoms with Crippen LogP contribution < -0.4 is 0 Å². The lowest BCUT2D eigenvalue weighted by molar-refractivity contribution is 0.735. The molecule has 0 amide bonds. The van der Waals surface area contributed by atoms with Gasteiger partial charge in [0.2, 0.25) is 0 Å². The number of hydrogen-bond acceptors (Lipinski definition) is 18. The molecule has 0 aromatic carbocycles. The van der Waals surface area contributed by atoms with Gasteiger partial charge in [0.15, 0.2) is 5.82 Å². The van der Waals surface area contributed by atoms with E-state index >= 15 is 0 Å². The molecule has 434 valence electrons. The Kier molecular flexibility index (Phi) is 71.5. The number of aromatic nitrogens is 18. The van der Waals surface area contributed by atoms with Gasteiger partial charge in [-0.1, -0.05) is 194 Å². The van der Waals surface area contributed by atoms with E-state index in [0.29, 0.717) is 41.4 Å². The Morgan fingerprint density at radius 1 is 0.260 bits per heavy atom. The molecule has 0 unspecified atom stereocenters. The largest absolute Gasteiger partial charge is 0.245 e. The Bertz CT molecular complexity index is 1630. The van der Waals surface area contributed by atoms with Gasteiger partial charge in [-0.25, -0.2) is 49.8 Å². The Labute approximate surface area is 469 Å². The zero-order chi connectivity index (χ0) is 60.8. The average molecular weight is 1070 g/mol. The predicted molar refractivity (Wildman–Crippen MR) is 323 cm³/mol. The van der Waals surface area contributed by atoms with Gasteiger partial charge in [-0.3, -0.25) is 0 Å². The van der Waals surface area contributed by atoms with Crippen LogP contribution in [-0.4, -0.2) is 90.6 Å². The Morgan fingerprint density at radius 3 is 0.987 bits per heavy atom. The second kappa shape index (κ2) is 65.4. The van der Waals surface area contributed by atoms with Crippen molar-refractivity contribution in [3.8, 4) is 0 Å². The zero-order valence-electron chi connectivity index (χ0n) is 53.4. The number of nitrogens with zero attached hydrogens (tertiary/aromatic N) is 18. The lowest BCUT2D eigenvalue weighted by Gasteiger charge is -2.00. The first kappa shape index (κ1) is 84.2. The normalized spacial score (nSPS) is 8.82. The molecule has 0 bridgehead atoms. The van der Waals surface area contributed by atoms with E-state index in [1.807, 2.05) is 135 Å². The molecular weight excluding hydrogens is 961 g/mol. The Balaban J connectivity index is -0.000000143. The summed E-state index contributed by atoms with van der Waals surface area (Å²) in [6, 6.07) is 3.81. The zero-order valence-corrected chi connectivity index (χ0v) is 53.4. The van der Waals surface area contributed by atoms with Crippen LogP contribution in [0.3, 0.4) is 0 Å². The van der Waals surface area contributed by atoms with Gasteiger partial charge in [-0.15, -0.1) is 15.3 Å². The smallest absolute Gasteiger partial charge is 0.153 e. The van der Waals surface area contributed by atoms with Gasteiger partial charge in [-0.2, -0.15) is 25.5 Å². The first-order chi connectivity index (χ1) is 37.1. The molecular formula is C59H108N18. The van der Waals surface area contributed by atoms with Crippen LogP contribution in [0.2, 0.25) is 0 Å². The van der Waals surface area contributed by atoms with Gasteiger partial charge < -0.3 is 0 Å². The van der Waals surface area contributed by atoms with Crippen molar-refractivity contribution in [1.29, 1.82) is 0 Å². The fraction of sp³-hybridized carbons (Fsp3) is 0.593. The summed E-state index contributed by atoms with van der Waals surface area (Å²) >= 11 is 0. The van der Waals surface area contributed by atoms with Gasteiger partial charge in [0.25, 0.3) is 0 Å². The third-order valence-corrected chi connectivity index (χ3v) is 7.87. The molecule has 7 rings (SSSR count). The minimum atomic E-state index is 0.374. The van der Waals surface area contributed by atoms with E-state index in [-0.39, 0.29) is 0 Å². The highest BCUT2D eigenvalue weighted by atomic mass is 15.1. The average Bonchev–Trinajstić information content (AvgIpc) is 3.51. The molecule has 7 heterocycles. The quantitative estimate of drug-likeness (QED) is 0.144. The summed E-state index contributed by atoms with van der Waals surface area (Å²) < 4.78 is 0. The molecule has 0 aliphatic carbocycles. The van der Waals surface area contributed by atoms with Gasteiger partial charge in [-0.05, 0) is 46.9 Å². The standard InChI is InChI=1S/3C7H10N2.4C6H9N3.7C2H6/c1-6(2)7-3-8-5-9-4-7;1-6(2)7-3-4-8-9-5-7;1-6(2)7-8-4-3-5-9-7;1-5(2)6-8-3-7-4-9-6;1-5(2)6-3-8-9-4-7-6;1-5(2)6-3-7-4-8-9-6;1-5(2)6-7-3-4-8-9-6;7*1-2/h3*3-6H,1-2H3;4*3-5H,1-2H3;7*1-2H3. The van der Waals surface area contributed by atoms with Gasteiger partial charge >= 0.3 is 0 Å². The van der Waals surface area contributed by atoms with Crippen molar-refractivity contribution < 1.29 is 0 Å². The molecule has 0 radical (unpaired) electrons. The first-order valence-electron chi connectivity index (χ1n) is 27.9. The van der Waals surface area contributed by atoms with E-state index < -0.39 is 0 Å². The van der Waals surface area contributed by atoms with E-state index in [0.717, 1.165) is 28.9 Å². The molecule has 0 atom stereocenters. The van der Waals surface area contributed by atoms with Crippen LogP contribution in [0.25, 0.3) is 0 Å². The first-order valence-corrected chi connectivity index (χ1v) is 27.9. The lowest BCUT2D eigenvalue weighted by Crippen LogP contribution is -1.96. The van der Waals surface area contributed by atoms with E-state index in [4.69, 9.17) is 0 Å². The lowest BCUT2D eigenvalue weighted by atomic mass is 10.1. The van der Waals surface area contributed by atoms with Crippen molar-refractivity contribution in [3.63, 3.8) is 0 Å². The molecule has 0 N–H and O–H groups in total. The molecule has 18 nitrogen and oxygen atoms in total. The van der Waals surface area contributed by atoms with Gasteiger partial charge in [0, 0.05) is 54.9 Å². The van der Waals surface area contributed by atoms with Crippen LogP contribution in [0.1, 0.15) is 275 Å². The summed E-state index contributed by atoms with van der Waals surface area (Å²) in [7, 11) is 0. The van der Waals surface area contributed by atoms with Crippen molar-refractivity contribution in [2.45, 2.75) is 235 Å². The monoisotopic (exact) mass is 1070 g/mol. The maximum absolute atomic E-state index is 4.07. The van der Waals surface area contributed by atoms with Crippen LogP contribution in [0.4, 0.5) is 0 Å². The number of rotatable bonds is 7. The second-order valence-corrected chi connectivity index (χ2v) is 15.6. The molecule has 0 saturated heterocycles. The van der Waals surface area contributed by atoms with Crippen molar-refractivity contribution in [2.75, 3.05) is 0 Å². The topological polar surface area (TPSA) is 232 Å². The highest BCUT2D eigenvalue weighted by Gasteiger charge is 2.01. The minimum Gasteiger partial charge on any atom is -0.245 e. The highest BCUT2D eigenvalue weighted by Crippen LogP contribution is 2.11. The SMILES string of the molecule is CC.CC.CC.CC.CC.CC.CC.CC(C)c1ccnnc1.CC(C)c1cncnc1.CC(C)c1cncnn1.CC(C)c1cnncn1.CC(C)c1ncccn1.CC(C)c1nccnn1.CC(C)c1ncncn1. The maximum Gasteiger partial charge on any atom is 0.153 e. The molecule has 0 aliphatic heterocycles. The highest BCUT2D eigenvalue weighted by molar-refractivity contribution is 5.09. The van der Waals surface area contributed by atoms with Crippen LogP contribution in [0.5, 0.6) is 0 Å². The summed E-state index contributed by atoms with van der Waals surface area (Å²) in [6.07, 6.45) is 24.9. The fourth-order valence-electron chi connectivity index (χ4n) is 4.00. The second-order valence-electron chi connectivity index (χ2n) is 15.6. The predicted octanol–water partition coefficient (Wildman–Crippen LogP) is 16.0. The fourth-order valence-corrected chi connectivity index (χ4v) is 4.00. The summed E-state index contributed by atoms with van der Waals surface area (Å²) in [5.74, 6) is 5.73. The summed E-state index contributed by atoms with van der Waals surface area (Å²) in [5.41, 5.74) is 4.37. The molecule has 0 spiro atoms. The van der Waals surface area contributed by atoms with Crippen LogP contribution >= 0.6 is 0 Å². The summed E-state index contributed by atoms with van der Waals surface area (Å²) in [4.78, 5) is 39.4. The van der Waals surface area contributed by atoms with Crippen molar-refractivity contribution in [1.82, 2.24) is 90.6 Å². The van der Waals surface area contributed by atoms with Crippen molar-refractivity contribution in [3.05, 3.63) is 146 Å². The Morgan fingerprint density at radius 2 is 0.714 bits per heavy atom. The van der Waals surface area contributed by atoms with E-state index in [1.165, 1.54) is 36.4 Å². The van der Waals surface area contributed by atoms with E-state index in [1.54, 1.807) is 55.9 Å². The summed E-state index contributed by atoms with van der Waals surface area (Å²) in [5, 5.41) is 29.7. The third kappa shape index (κ3) is 52.5. The Hall–Kier alpha value is -6.72. The van der Waals surface area contributed by atoms with Crippen LogP contribution in [0, 0.1) is 0 Å². The molecule has 7 aromatic heterocycles. The van der Waals surface area contributed by atoms with Gasteiger partial charge in [0.1, 0.15) is 43.3 Å². The van der Waals surface area contributed by atoms with E-state index in [9.17, 15) is 0 Å². The third-order valence-electron chi connectivity index (χ3n) is 7.87. The van der Waals surface area contributed by atoms with Crippen molar-refractivity contribution >= 4 is 0 Å². The van der Waals surface area contributed by atoms with Crippen molar-refractivity contribution in [2.24, 2.45) is 0 Å². The minimum absolute atomic E-state index is 0.374. The number of hydrogen-bond donors (Lipinski definition) is 0. The maximum atomic E-state index is 4.07. The molecule has 18 heteroatoms. The van der Waals surface area contributed by atoms with Gasteiger partial charge in [0.05, 0.1) is 36.2 Å².